The summed E-state index contributed by atoms with van der Waals surface area (Å²) >= 11 is -0.583. The molecule has 0 unspecified atom stereocenters. The molecule has 4 nitrogen and oxygen atoms in total. The highest BCUT2D eigenvalue weighted by atomic mass is 32.1. The molecule has 0 fully saturated rings. The lowest BCUT2D eigenvalue weighted by Gasteiger charge is -1.70. The van der Waals surface area contributed by atoms with Crippen molar-refractivity contribution in [3.8, 4) is 0 Å². The fraction of sp³-hybridized carbons (Fsp3) is 0. The minimum absolute atomic E-state index is 0.583. The Labute approximate surface area is 56.0 Å². The average molecular weight is 144 g/mol. The van der Waals surface area contributed by atoms with E-state index in [1.54, 1.807) is 18.5 Å². The molecule has 1 heterocycles. The number of nitrogens with zero attached hydrogens (tertiary/aromatic N) is 2. The van der Waals surface area contributed by atoms with E-state index in [2.05, 4.69) is 9.97 Å². The van der Waals surface area contributed by atoms with E-state index in [-0.39, 0.29) is 0 Å². The maximum absolute atomic E-state index is 8.57. The van der Waals surface area contributed by atoms with E-state index < -0.39 is 11.5 Å². The van der Waals surface area contributed by atoms with E-state index in [9.17, 15) is 0 Å². The Morgan fingerprint density at radius 1 is 1.33 bits per heavy atom. The van der Waals surface area contributed by atoms with E-state index in [1.165, 1.54) is 6.33 Å². The molecule has 1 aromatic heterocycles. The van der Waals surface area contributed by atoms with Crippen LogP contribution in [-0.4, -0.2) is 9.97 Å². The summed E-state index contributed by atoms with van der Waals surface area (Å²) in [5.74, 6) is 0. The second-order valence-electron chi connectivity index (χ2n) is 0.995. The topological polar surface area (TPSA) is 66.7 Å². The van der Waals surface area contributed by atoms with Crippen LogP contribution >= 0.6 is 0 Å². The summed E-state index contributed by atoms with van der Waals surface area (Å²) in [5, 5.41) is 0. The smallest absolute Gasteiger partial charge is 0.115 e. The van der Waals surface area contributed by atoms with Gasteiger partial charge in [-0.1, -0.05) is 0 Å². The summed E-state index contributed by atoms with van der Waals surface area (Å²) in [6, 6.07) is 1.78. The SMILES string of the molecule is N=[SH-]=O.c1cncnc1. The van der Waals surface area contributed by atoms with E-state index >= 15 is 0 Å². The number of aromatic nitrogens is 2. The molecule has 0 spiro atoms. The van der Waals surface area contributed by atoms with Crippen molar-refractivity contribution >= 4 is 11.5 Å². The summed E-state index contributed by atoms with van der Waals surface area (Å²) in [4.78, 5) is 7.35. The molecule has 0 aromatic carbocycles. The fourth-order valence-corrected chi connectivity index (χ4v) is 0.253. The first-order valence-corrected chi connectivity index (χ1v) is 2.92. The zero-order valence-electron chi connectivity index (χ0n) is 4.56. The van der Waals surface area contributed by atoms with Gasteiger partial charge in [-0.3, -0.25) is 0 Å². The molecule has 5 heteroatoms. The molecular weight excluding hydrogens is 138 g/mol. The third kappa shape index (κ3) is 7.03. The Balaban J connectivity index is 0.000000187. The van der Waals surface area contributed by atoms with Crippen molar-refractivity contribution in [1.29, 1.82) is 4.78 Å². The van der Waals surface area contributed by atoms with Gasteiger partial charge in [0, 0.05) is 12.4 Å². The maximum Gasteiger partial charge on any atom is 0.115 e. The van der Waals surface area contributed by atoms with Gasteiger partial charge in [0.15, 0.2) is 0 Å². The second-order valence-corrected chi connectivity index (χ2v) is 1.18. The highest BCUT2D eigenvalue weighted by molar-refractivity contribution is 7.52. The van der Waals surface area contributed by atoms with E-state index in [0.717, 1.165) is 0 Å². The third-order valence-corrected chi connectivity index (χ3v) is 0.478. The number of hydrogen-bond donors (Lipinski definition) is 1. The van der Waals surface area contributed by atoms with E-state index in [0.29, 0.717) is 0 Å². The monoisotopic (exact) mass is 144 g/mol. The molecule has 1 N–H and O–H groups in total. The highest BCUT2D eigenvalue weighted by Gasteiger charge is 1.59. The summed E-state index contributed by atoms with van der Waals surface area (Å²) in [6.07, 6.45) is 4.88. The molecule has 0 bridgehead atoms. The quantitative estimate of drug-likeness (QED) is 0.423. The molecule has 0 aliphatic heterocycles. The molecule has 0 radical (unpaired) electrons. The van der Waals surface area contributed by atoms with Crippen molar-refractivity contribution < 1.29 is 4.21 Å². The summed E-state index contributed by atoms with van der Waals surface area (Å²) in [6.45, 7) is 0. The number of rotatable bonds is 0. The molecule has 0 amide bonds. The predicted molar refractivity (Wildman–Crippen MR) is 34.2 cm³/mol. The van der Waals surface area contributed by atoms with Crippen molar-refractivity contribution in [2.45, 2.75) is 0 Å². The molecule has 1 aromatic rings. The largest absolute Gasteiger partial charge is 0.448 e. The van der Waals surface area contributed by atoms with Crippen LogP contribution in [0.5, 0.6) is 0 Å². The molecular formula is C4H6N3OS-. The highest BCUT2D eigenvalue weighted by Crippen LogP contribution is 1.66. The predicted octanol–water partition coefficient (Wildman–Crippen LogP) is 0.386. The van der Waals surface area contributed by atoms with Crippen molar-refractivity contribution in [1.82, 2.24) is 9.97 Å². The van der Waals surface area contributed by atoms with Crippen molar-refractivity contribution in [3.63, 3.8) is 0 Å². The molecule has 0 aliphatic rings. The molecule has 0 saturated carbocycles. The van der Waals surface area contributed by atoms with Crippen molar-refractivity contribution in [3.05, 3.63) is 24.8 Å². The van der Waals surface area contributed by atoms with Gasteiger partial charge in [0.1, 0.15) is 6.33 Å². The van der Waals surface area contributed by atoms with Crippen LogP contribution in [0.4, 0.5) is 0 Å². The van der Waals surface area contributed by atoms with Gasteiger partial charge in [0.2, 0.25) is 0 Å². The summed E-state index contributed by atoms with van der Waals surface area (Å²) in [5.41, 5.74) is 0. The van der Waals surface area contributed by atoms with Crippen LogP contribution in [0, 0.1) is 4.78 Å². The second kappa shape index (κ2) is 7.03. The Morgan fingerprint density at radius 3 is 1.89 bits per heavy atom. The first kappa shape index (κ1) is 8.03. The standard InChI is InChI=1S/C4H4N2.H2NOS/c1-2-5-4-6-3-1;1-3-2/h1-4H;1,3H/q;-1. The normalized spacial score (nSPS) is 7.11. The van der Waals surface area contributed by atoms with Crippen LogP contribution in [-0.2, 0) is 15.7 Å². The Hall–Kier alpha value is -0.970. The molecule has 0 aliphatic carbocycles. The molecule has 50 valence electrons. The van der Waals surface area contributed by atoms with Crippen LogP contribution in [0.2, 0.25) is 0 Å². The molecule has 0 saturated heterocycles. The zero-order chi connectivity index (χ0) is 6.95. The first-order chi connectivity index (χ1) is 4.41. The number of nitrogens with one attached hydrogen (secondary N) is 1. The number of hydrogen-bond acceptors (Lipinski definition) is 5. The van der Waals surface area contributed by atoms with Gasteiger partial charge < -0.3 is 8.99 Å². The Kier molecular flexibility index (Phi) is 6.27. The van der Waals surface area contributed by atoms with Crippen LogP contribution in [0.25, 0.3) is 0 Å². The summed E-state index contributed by atoms with van der Waals surface area (Å²) < 4.78 is 14.2. The van der Waals surface area contributed by atoms with E-state index in [1.807, 2.05) is 0 Å². The Morgan fingerprint density at radius 2 is 1.78 bits per heavy atom. The van der Waals surface area contributed by atoms with Crippen LogP contribution in [0.3, 0.4) is 0 Å². The van der Waals surface area contributed by atoms with Gasteiger partial charge in [0.05, 0.1) is 0 Å². The lowest BCUT2D eigenvalue weighted by atomic mass is 10.7. The minimum Gasteiger partial charge on any atom is -0.448 e. The van der Waals surface area contributed by atoms with Gasteiger partial charge in [-0.05, 0) is 6.07 Å². The molecule has 1 rings (SSSR count). The fourth-order valence-electron chi connectivity index (χ4n) is 0.253. The lowest BCUT2D eigenvalue weighted by molar-refractivity contribution is 0.608. The summed E-state index contributed by atoms with van der Waals surface area (Å²) in [7, 11) is 0. The van der Waals surface area contributed by atoms with Crippen LogP contribution in [0.1, 0.15) is 0 Å². The molecule has 0 atom stereocenters. The van der Waals surface area contributed by atoms with Gasteiger partial charge >= 0.3 is 0 Å². The Bertz CT molecular complexity index is 146. The van der Waals surface area contributed by atoms with Crippen molar-refractivity contribution in [2.75, 3.05) is 0 Å². The third-order valence-electron chi connectivity index (χ3n) is 0.478. The minimum atomic E-state index is -0.583. The average Bonchev–Trinajstić information content (AvgIpc) is 1.93. The van der Waals surface area contributed by atoms with Gasteiger partial charge in [-0.25, -0.2) is 21.4 Å². The first-order valence-electron chi connectivity index (χ1n) is 2.11. The van der Waals surface area contributed by atoms with E-state index in [4.69, 9.17) is 8.99 Å². The maximum atomic E-state index is 8.57. The van der Waals surface area contributed by atoms with Gasteiger partial charge in [0.25, 0.3) is 0 Å². The number of thiol groups is 1. The lowest BCUT2D eigenvalue weighted by Crippen LogP contribution is -1.66. The van der Waals surface area contributed by atoms with Crippen molar-refractivity contribution in [2.24, 2.45) is 0 Å². The van der Waals surface area contributed by atoms with Gasteiger partial charge in [-0.2, -0.15) is 0 Å². The zero-order valence-corrected chi connectivity index (χ0v) is 5.45. The van der Waals surface area contributed by atoms with Crippen LogP contribution in [0.15, 0.2) is 24.8 Å². The van der Waals surface area contributed by atoms with Gasteiger partial charge in [-0.15, -0.1) is 0 Å². The van der Waals surface area contributed by atoms with Crippen LogP contribution < -0.4 is 0 Å². The molecule has 9 heavy (non-hydrogen) atoms.